The van der Waals surface area contributed by atoms with Crippen LogP contribution in [-0.2, 0) is 4.79 Å². The number of aldehydes is 1. The SMILES string of the molecule is C/C=C/C=C(/C=O)C1CCCCC1. The molecule has 0 aromatic rings. The van der Waals surface area contributed by atoms with E-state index in [1.54, 1.807) is 0 Å². The van der Waals surface area contributed by atoms with Gasteiger partial charge < -0.3 is 0 Å². The second-order valence-corrected chi connectivity index (χ2v) is 3.65. The van der Waals surface area contributed by atoms with Gasteiger partial charge in [-0.05, 0) is 31.3 Å². The Bertz CT molecular complexity index is 207. The smallest absolute Gasteiger partial charge is 0.146 e. The van der Waals surface area contributed by atoms with Gasteiger partial charge >= 0.3 is 0 Å². The van der Waals surface area contributed by atoms with Gasteiger partial charge in [-0.2, -0.15) is 0 Å². The van der Waals surface area contributed by atoms with E-state index in [1.165, 1.54) is 32.1 Å². The molecule has 1 heteroatoms. The predicted octanol–water partition coefficient (Wildman–Crippen LogP) is 3.27. The van der Waals surface area contributed by atoms with Crippen LogP contribution in [0.5, 0.6) is 0 Å². The Morgan fingerprint density at radius 2 is 1.92 bits per heavy atom. The molecule has 0 aromatic carbocycles. The summed E-state index contributed by atoms with van der Waals surface area (Å²) in [6.07, 6.45) is 13.2. The molecule has 0 amide bonds. The van der Waals surface area contributed by atoms with E-state index in [9.17, 15) is 4.79 Å². The van der Waals surface area contributed by atoms with Crippen LogP contribution in [0, 0.1) is 5.92 Å². The minimum absolute atomic E-state index is 0.530. The van der Waals surface area contributed by atoms with Crippen LogP contribution in [0.1, 0.15) is 39.0 Å². The van der Waals surface area contributed by atoms with Crippen molar-refractivity contribution in [3.63, 3.8) is 0 Å². The third-order valence-electron chi connectivity index (χ3n) is 2.69. The summed E-state index contributed by atoms with van der Waals surface area (Å²) in [6.45, 7) is 1.97. The molecular formula is C12H18O. The van der Waals surface area contributed by atoms with Gasteiger partial charge in [-0.3, -0.25) is 4.79 Å². The van der Waals surface area contributed by atoms with Gasteiger partial charge in [0.2, 0.25) is 0 Å². The van der Waals surface area contributed by atoms with E-state index in [4.69, 9.17) is 0 Å². The Morgan fingerprint density at radius 3 is 2.46 bits per heavy atom. The van der Waals surface area contributed by atoms with Crippen molar-refractivity contribution in [2.45, 2.75) is 39.0 Å². The van der Waals surface area contributed by atoms with Crippen LogP contribution in [0.4, 0.5) is 0 Å². The summed E-state index contributed by atoms with van der Waals surface area (Å²) in [7, 11) is 0. The highest BCUT2D eigenvalue weighted by atomic mass is 16.1. The molecule has 0 spiro atoms. The van der Waals surface area contributed by atoms with Gasteiger partial charge in [-0.15, -0.1) is 0 Å². The van der Waals surface area contributed by atoms with Crippen LogP contribution in [-0.4, -0.2) is 6.29 Å². The Balaban J connectivity index is 2.58. The first-order chi connectivity index (χ1) is 6.38. The van der Waals surface area contributed by atoms with Crippen LogP contribution < -0.4 is 0 Å². The normalized spacial score (nSPS) is 20.8. The summed E-state index contributed by atoms with van der Waals surface area (Å²) in [4.78, 5) is 10.8. The Kier molecular flexibility index (Phi) is 4.52. The molecule has 0 aliphatic heterocycles. The van der Waals surface area contributed by atoms with Gasteiger partial charge in [0.05, 0.1) is 0 Å². The maximum absolute atomic E-state index is 10.8. The van der Waals surface area contributed by atoms with Crippen molar-refractivity contribution < 1.29 is 4.79 Å². The standard InChI is InChI=1S/C12H18O/c1-2-3-7-12(10-13)11-8-5-4-6-9-11/h2-3,7,10-11H,4-6,8-9H2,1H3/b3-2+,12-7-. The molecule has 0 bridgehead atoms. The maximum Gasteiger partial charge on any atom is 0.146 e. The molecule has 1 nitrogen and oxygen atoms in total. The number of hydrogen-bond donors (Lipinski definition) is 0. The van der Waals surface area contributed by atoms with Crippen molar-refractivity contribution in [1.82, 2.24) is 0 Å². The van der Waals surface area contributed by atoms with Gasteiger partial charge in [0, 0.05) is 0 Å². The third-order valence-corrected chi connectivity index (χ3v) is 2.69. The number of allylic oxidation sites excluding steroid dienone is 4. The van der Waals surface area contributed by atoms with E-state index in [-0.39, 0.29) is 0 Å². The fourth-order valence-corrected chi connectivity index (χ4v) is 1.91. The zero-order valence-corrected chi connectivity index (χ0v) is 8.33. The molecule has 1 rings (SSSR count). The monoisotopic (exact) mass is 178 g/mol. The second kappa shape index (κ2) is 5.74. The number of rotatable bonds is 3. The van der Waals surface area contributed by atoms with Crippen molar-refractivity contribution in [2.24, 2.45) is 5.92 Å². The molecule has 1 saturated carbocycles. The van der Waals surface area contributed by atoms with Gasteiger partial charge in [0.1, 0.15) is 6.29 Å². The first kappa shape index (κ1) is 10.2. The summed E-state index contributed by atoms with van der Waals surface area (Å²) in [5.74, 6) is 0.530. The molecule has 13 heavy (non-hydrogen) atoms. The molecule has 0 saturated heterocycles. The maximum atomic E-state index is 10.8. The first-order valence-corrected chi connectivity index (χ1v) is 5.16. The zero-order chi connectivity index (χ0) is 9.52. The summed E-state index contributed by atoms with van der Waals surface area (Å²) in [5, 5.41) is 0. The number of carbonyl (C=O) groups excluding carboxylic acids is 1. The van der Waals surface area contributed by atoms with Gasteiger partial charge in [0.25, 0.3) is 0 Å². The Labute approximate surface area is 80.5 Å². The predicted molar refractivity (Wildman–Crippen MR) is 55.5 cm³/mol. The molecule has 1 aliphatic carbocycles. The Hall–Kier alpha value is -0.850. The molecule has 1 fully saturated rings. The molecule has 0 atom stereocenters. The minimum Gasteiger partial charge on any atom is -0.298 e. The molecule has 0 aromatic heterocycles. The van der Waals surface area contributed by atoms with Gasteiger partial charge in [-0.25, -0.2) is 0 Å². The number of hydrogen-bond acceptors (Lipinski definition) is 1. The van der Waals surface area contributed by atoms with E-state index in [0.29, 0.717) is 5.92 Å². The summed E-state index contributed by atoms with van der Waals surface area (Å²) in [6, 6.07) is 0. The highest BCUT2D eigenvalue weighted by molar-refractivity contribution is 5.74. The molecule has 0 heterocycles. The van der Waals surface area contributed by atoms with Crippen LogP contribution in [0.15, 0.2) is 23.8 Å². The van der Waals surface area contributed by atoms with Crippen molar-refractivity contribution >= 4 is 6.29 Å². The lowest BCUT2D eigenvalue weighted by molar-refractivity contribution is -0.105. The van der Waals surface area contributed by atoms with E-state index < -0.39 is 0 Å². The molecule has 0 unspecified atom stereocenters. The molecular weight excluding hydrogens is 160 g/mol. The number of carbonyl (C=O) groups is 1. The fraction of sp³-hybridized carbons (Fsp3) is 0.583. The van der Waals surface area contributed by atoms with Crippen molar-refractivity contribution in [3.8, 4) is 0 Å². The van der Waals surface area contributed by atoms with Crippen LogP contribution >= 0.6 is 0 Å². The molecule has 72 valence electrons. The molecule has 1 aliphatic rings. The van der Waals surface area contributed by atoms with E-state index in [0.717, 1.165) is 11.9 Å². The summed E-state index contributed by atoms with van der Waals surface area (Å²) >= 11 is 0. The van der Waals surface area contributed by atoms with Crippen LogP contribution in [0.3, 0.4) is 0 Å². The lowest BCUT2D eigenvalue weighted by Crippen LogP contribution is -2.09. The van der Waals surface area contributed by atoms with Crippen molar-refractivity contribution in [3.05, 3.63) is 23.8 Å². The fourth-order valence-electron chi connectivity index (χ4n) is 1.91. The van der Waals surface area contributed by atoms with E-state index >= 15 is 0 Å². The Morgan fingerprint density at radius 1 is 1.23 bits per heavy atom. The third kappa shape index (κ3) is 3.17. The lowest BCUT2D eigenvalue weighted by Gasteiger charge is -2.21. The summed E-state index contributed by atoms with van der Waals surface area (Å²) in [5.41, 5.74) is 0.984. The van der Waals surface area contributed by atoms with E-state index in [1.807, 2.05) is 25.2 Å². The minimum atomic E-state index is 0.530. The average molecular weight is 178 g/mol. The molecule has 0 radical (unpaired) electrons. The average Bonchev–Trinajstić information content (AvgIpc) is 2.21. The second-order valence-electron chi connectivity index (χ2n) is 3.65. The van der Waals surface area contributed by atoms with Crippen molar-refractivity contribution in [1.29, 1.82) is 0 Å². The quantitative estimate of drug-likeness (QED) is 0.368. The van der Waals surface area contributed by atoms with Crippen molar-refractivity contribution in [2.75, 3.05) is 0 Å². The largest absolute Gasteiger partial charge is 0.298 e. The molecule has 0 N–H and O–H groups in total. The lowest BCUT2D eigenvalue weighted by atomic mass is 9.84. The topological polar surface area (TPSA) is 17.1 Å². The van der Waals surface area contributed by atoms with Gasteiger partial charge in [-0.1, -0.05) is 37.5 Å². The highest BCUT2D eigenvalue weighted by Crippen LogP contribution is 2.28. The highest BCUT2D eigenvalue weighted by Gasteiger charge is 2.16. The summed E-state index contributed by atoms with van der Waals surface area (Å²) < 4.78 is 0. The van der Waals surface area contributed by atoms with E-state index in [2.05, 4.69) is 0 Å². The van der Waals surface area contributed by atoms with Gasteiger partial charge in [0.15, 0.2) is 0 Å². The van der Waals surface area contributed by atoms with Crippen LogP contribution in [0.25, 0.3) is 0 Å². The van der Waals surface area contributed by atoms with Crippen LogP contribution in [0.2, 0.25) is 0 Å². The zero-order valence-electron chi connectivity index (χ0n) is 8.33. The first-order valence-electron chi connectivity index (χ1n) is 5.16.